The highest BCUT2D eigenvalue weighted by Crippen LogP contribution is 2.50. The lowest BCUT2D eigenvalue weighted by Crippen LogP contribution is -2.17. The van der Waals surface area contributed by atoms with Crippen LogP contribution in [0.2, 0.25) is 0 Å². The number of methoxy groups -OCH3 is 2. The molecule has 1 heterocycles. The van der Waals surface area contributed by atoms with Crippen molar-refractivity contribution >= 4 is 17.1 Å². The summed E-state index contributed by atoms with van der Waals surface area (Å²) in [6, 6.07) is 19.4. The van der Waals surface area contributed by atoms with E-state index in [0.717, 1.165) is 40.3 Å². The third-order valence-corrected chi connectivity index (χ3v) is 7.03. The second-order valence-electron chi connectivity index (χ2n) is 9.38. The smallest absolute Gasteiger partial charge is 0.497 e. The molecule has 5 rings (SSSR count). The summed E-state index contributed by atoms with van der Waals surface area (Å²) in [5.74, 6) is 2.76. The lowest BCUT2D eigenvalue weighted by molar-refractivity contribution is -0.274. The Morgan fingerprint density at radius 3 is 2.36 bits per heavy atom. The second kappa shape index (κ2) is 11.1. The van der Waals surface area contributed by atoms with Crippen LogP contribution in [0.5, 0.6) is 17.2 Å². The molecule has 3 aromatic carbocycles. The molecule has 0 N–H and O–H groups in total. The van der Waals surface area contributed by atoms with E-state index in [9.17, 15) is 13.2 Å². The van der Waals surface area contributed by atoms with Gasteiger partial charge in [-0.15, -0.1) is 18.3 Å². The van der Waals surface area contributed by atoms with Crippen molar-refractivity contribution in [3.63, 3.8) is 0 Å². The first-order valence-electron chi connectivity index (χ1n) is 12.3. The van der Waals surface area contributed by atoms with Crippen LogP contribution in [0.1, 0.15) is 29.9 Å². The van der Waals surface area contributed by atoms with Gasteiger partial charge in [-0.1, -0.05) is 42.5 Å². The number of alkyl halides is 3. The lowest BCUT2D eigenvalue weighted by atomic mass is 10.0. The van der Waals surface area contributed by atoms with Crippen molar-refractivity contribution in [2.75, 3.05) is 14.2 Å². The van der Waals surface area contributed by atoms with E-state index >= 15 is 0 Å². The van der Waals surface area contributed by atoms with Crippen LogP contribution in [0.15, 0.2) is 73.1 Å². The molecule has 39 heavy (non-hydrogen) atoms. The van der Waals surface area contributed by atoms with Crippen LogP contribution < -0.4 is 14.2 Å². The number of hydrogen-bond acceptors (Lipinski definition) is 6. The van der Waals surface area contributed by atoms with Gasteiger partial charge in [-0.2, -0.15) is 0 Å². The molecule has 0 spiro atoms. The van der Waals surface area contributed by atoms with Gasteiger partial charge in [0.15, 0.2) is 5.82 Å². The first-order chi connectivity index (χ1) is 18.7. The number of thiocarbonyl (C=S) groups is 1. The normalized spacial score (nSPS) is 16.5. The van der Waals surface area contributed by atoms with E-state index in [-0.39, 0.29) is 5.75 Å². The van der Waals surface area contributed by atoms with Gasteiger partial charge < -0.3 is 14.2 Å². The summed E-state index contributed by atoms with van der Waals surface area (Å²) in [6.45, 7) is 0. The first kappa shape index (κ1) is 26.7. The highest BCUT2D eigenvalue weighted by molar-refractivity contribution is 7.80. The van der Waals surface area contributed by atoms with E-state index in [1.807, 2.05) is 30.3 Å². The Morgan fingerprint density at radius 2 is 1.69 bits per heavy atom. The van der Waals surface area contributed by atoms with Crippen LogP contribution in [0.25, 0.3) is 17.1 Å². The summed E-state index contributed by atoms with van der Waals surface area (Å²) in [5.41, 5.74) is 3.74. The molecule has 2 unspecified atom stereocenters. The van der Waals surface area contributed by atoms with Gasteiger partial charge in [0.2, 0.25) is 0 Å². The van der Waals surface area contributed by atoms with Crippen molar-refractivity contribution in [2.45, 2.75) is 31.5 Å². The number of ether oxygens (including phenoxy) is 3. The van der Waals surface area contributed by atoms with Gasteiger partial charge in [0.1, 0.15) is 23.6 Å². The fourth-order valence-electron chi connectivity index (χ4n) is 4.66. The molecule has 1 aliphatic carbocycles. The average molecular weight is 554 g/mol. The van der Waals surface area contributed by atoms with E-state index in [0.29, 0.717) is 29.8 Å². The predicted octanol–water partition coefficient (Wildman–Crippen LogP) is 6.96. The summed E-state index contributed by atoms with van der Waals surface area (Å²) in [5, 5.41) is 4.47. The molecule has 0 amide bonds. The van der Waals surface area contributed by atoms with Crippen LogP contribution in [0, 0.1) is 5.92 Å². The van der Waals surface area contributed by atoms with E-state index < -0.39 is 6.36 Å². The van der Waals surface area contributed by atoms with Crippen molar-refractivity contribution in [1.82, 2.24) is 14.8 Å². The first-order valence-corrected chi connectivity index (χ1v) is 12.7. The Balaban J connectivity index is 1.17. The van der Waals surface area contributed by atoms with Gasteiger partial charge in [-0.25, -0.2) is 9.67 Å². The monoisotopic (exact) mass is 553 g/mol. The van der Waals surface area contributed by atoms with Crippen molar-refractivity contribution in [3.8, 4) is 34.3 Å². The predicted molar refractivity (Wildman–Crippen MR) is 145 cm³/mol. The number of aromatic nitrogens is 3. The Morgan fingerprint density at radius 1 is 0.974 bits per heavy atom. The highest BCUT2D eigenvalue weighted by atomic mass is 32.1. The summed E-state index contributed by atoms with van der Waals surface area (Å²) in [4.78, 5) is 5.37. The van der Waals surface area contributed by atoms with Crippen LogP contribution in [0.3, 0.4) is 0 Å². The molecule has 1 aliphatic rings. The molecule has 2 atom stereocenters. The Kier molecular flexibility index (Phi) is 7.56. The van der Waals surface area contributed by atoms with Crippen molar-refractivity contribution in [3.05, 3.63) is 84.2 Å². The average Bonchev–Trinajstić information content (AvgIpc) is 3.49. The molecule has 4 aromatic rings. The molecular weight excluding hydrogens is 527 g/mol. The van der Waals surface area contributed by atoms with E-state index in [2.05, 4.69) is 27.0 Å². The fraction of sp³-hybridized carbons (Fsp3) is 0.276. The third kappa shape index (κ3) is 6.57. The van der Waals surface area contributed by atoms with Crippen LogP contribution >= 0.6 is 12.2 Å². The SMILES string of the molecule is COc1ccc(CC(=S)CC2CC2c2ccc(-c3ncn(-c4ccc(OC(F)(F)F)cc4)n3)cc2)c(OC)c1. The Hall–Kier alpha value is -3.92. The standard InChI is InChI=1S/C29H26F3N3O3S/c1-36-24-10-7-20(27(16-24)37-2)13-25(39)14-21-15-26(21)18-3-5-19(6-4-18)28-33-17-35(34-28)22-8-11-23(12-9-22)38-29(30,31)32/h3-12,16-17,21,26H,13-15H2,1-2H3. The zero-order chi connectivity index (χ0) is 27.6. The van der Waals surface area contributed by atoms with E-state index in [4.69, 9.17) is 21.7 Å². The minimum Gasteiger partial charge on any atom is -0.497 e. The minimum absolute atomic E-state index is 0.290. The number of nitrogens with zero attached hydrogens (tertiary/aromatic N) is 3. The molecule has 0 bridgehead atoms. The van der Waals surface area contributed by atoms with Gasteiger partial charge in [0.05, 0.1) is 19.9 Å². The molecule has 1 aromatic heterocycles. The van der Waals surface area contributed by atoms with E-state index in [1.54, 1.807) is 14.2 Å². The summed E-state index contributed by atoms with van der Waals surface area (Å²) in [7, 11) is 3.28. The van der Waals surface area contributed by atoms with Crippen LogP contribution in [-0.2, 0) is 6.42 Å². The van der Waals surface area contributed by atoms with Crippen molar-refractivity contribution in [1.29, 1.82) is 0 Å². The Labute approximate surface area is 229 Å². The fourth-order valence-corrected chi connectivity index (χ4v) is 5.03. The molecule has 1 saturated carbocycles. The molecular formula is C29H26F3N3O3S. The van der Waals surface area contributed by atoms with Gasteiger partial charge in [-0.3, -0.25) is 0 Å². The van der Waals surface area contributed by atoms with Gasteiger partial charge in [0.25, 0.3) is 0 Å². The Bertz CT molecular complexity index is 1450. The number of benzene rings is 3. The van der Waals surface area contributed by atoms with Crippen molar-refractivity contribution < 1.29 is 27.4 Å². The number of halogens is 3. The number of hydrogen-bond donors (Lipinski definition) is 0. The zero-order valence-electron chi connectivity index (χ0n) is 21.3. The molecule has 10 heteroatoms. The molecule has 1 fully saturated rings. The maximum absolute atomic E-state index is 12.4. The van der Waals surface area contributed by atoms with Gasteiger partial charge >= 0.3 is 6.36 Å². The molecule has 6 nitrogen and oxygen atoms in total. The van der Waals surface area contributed by atoms with E-state index in [1.165, 1.54) is 40.8 Å². The van der Waals surface area contributed by atoms with Crippen molar-refractivity contribution in [2.24, 2.45) is 5.92 Å². The summed E-state index contributed by atoms with van der Waals surface area (Å²) >= 11 is 5.72. The summed E-state index contributed by atoms with van der Waals surface area (Å²) in [6.07, 6.45) is -0.530. The molecule has 0 aliphatic heterocycles. The largest absolute Gasteiger partial charge is 0.573 e. The quantitative estimate of drug-likeness (QED) is 0.198. The maximum atomic E-state index is 12.4. The minimum atomic E-state index is -4.73. The van der Waals surface area contributed by atoms with Crippen LogP contribution in [-0.4, -0.2) is 40.2 Å². The molecule has 0 radical (unpaired) electrons. The van der Waals surface area contributed by atoms with Gasteiger partial charge in [0, 0.05) is 18.1 Å². The second-order valence-corrected chi connectivity index (χ2v) is 9.95. The summed E-state index contributed by atoms with van der Waals surface area (Å²) < 4.78 is 53.3. The zero-order valence-corrected chi connectivity index (χ0v) is 22.1. The number of rotatable bonds is 10. The molecule has 0 saturated heterocycles. The topological polar surface area (TPSA) is 58.4 Å². The highest BCUT2D eigenvalue weighted by Gasteiger charge is 2.38. The van der Waals surface area contributed by atoms with Crippen LogP contribution in [0.4, 0.5) is 13.2 Å². The van der Waals surface area contributed by atoms with Gasteiger partial charge in [-0.05, 0) is 71.0 Å². The third-order valence-electron chi connectivity index (χ3n) is 6.72. The molecule has 202 valence electrons. The lowest BCUT2D eigenvalue weighted by Gasteiger charge is -2.11. The maximum Gasteiger partial charge on any atom is 0.573 e.